The molecule has 0 heterocycles. The minimum absolute atomic E-state index is 0.128. The number of allylic oxidation sites excluding steroid dienone is 1. The van der Waals surface area contributed by atoms with E-state index in [1.54, 1.807) is 18.2 Å². The van der Waals surface area contributed by atoms with Crippen LogP contribution < -0.4 is 0 Å². The van der Waals surface area contributed by atoms with Crippen molar-refractivity contribution >= 4 is 27.6 Å². The average Bonchev–Trinajstić information content (AvgIpc) is 3.38. The number of hydrogen-bond donors (Lipinski definition) is 7. The summed E-state index contributed by atoms with van der Waals surface area (Å²) < 4.78 is 47.5. The molecule has 1 aliphatic rings. The zero-order valence-corrected chi connectivity index (χ0v) is 34.6. The second-order valence-electron chi connectivity index (χ2n) is 14.7. The Kier molecular flexibility index (Phi) is 27.0. The van der Waals surface area contributed by atoms with Crippen LogP contribution in [0.4, 0.5) is 0 Å². The number of phosphoric acid groups is 2. The summed E-state index contributed by atoms with van der Waals surface area (Å²) in [5.41, 5.74) is 0. The Morgan fingerprint density at radius 1 is 0.764 bits per heavy atom. The number of aliphatic hydroxyl groups is 4. The fourth-order valence-corrected chi connectivity index (χ4v) is 7.19. The van der Waals surface area contributed by atoms with Crippen molar-refractivity contribution in [3.63, 3.8) is 0 Å². The molecule has 1 aliphatic carbocycles. The molecule has 0 radical (unpaired) electrons. The van der Waals surface area contributed by atoms with E-state index in [1.807, 2.05) is 0 Å². The molecule has 7 N–H and O–H groups in total. The molecule has 0 aliphatic heterocycles. The van der Waals surface area contributed by atoms with Gasteiger partial charge in [0.25, 0.3) is 0 Å². The molecule has 1 saturated carbocycles. The Morgan fingerprint density at radius 2 is 1.38 bits per heavy atom. The van der Waals surface area contributed by atoms with Gasteiger partial charge in [-0.2, -0.15) is 0 Å². The summed E-state index contributed by atoms with van der Waals surface area (Å²) in [6.45, 7) is 3.47. The molecule has 0 aromatic rings. The Morgan fingerprint density at radius 3 is 2.04 bits per heavy atom. The minimum atomic E-state index is -4.90. The molecule has 0 aromatic carbocycles. The minimum Gasteiger partial charge on any atom is -0.462 e. The fraction of sp³-hybridized carbons (Fsp3) is 0.838. The van der Waals surface area contributed by atoms with Crippen LogP contribution in [0.25, 0.3) is 0 Å². The van der Waals surface area contributed by atoms with Gasteiger partial charge in [0, 0.05) is 18.8 Å². The molecule has 1 rings (SSSR count). The summed E-state index contributed by atoms with van der Waals surface area (Å²) in [4.78, 5) is 52.7. The van der Waals surface area contributed by atoms with Crippen LogP contribution >= 0.6 is 15.6 Å². The van der Waals surface area contributed by atoms with Crippen molar-refractivity contribution in [3.05, 3.63) is 24.3 Å². The van der Waals surface area contributed by atoms with Gasteiger partial charge in [-0.3, -0.25) is 23.2 Å². The molecular formula is C37H68O16P2. The van der Waals surface area contributed by atoms with Crippen LogP contribution in [0.5, 0.6) is 0 Å². The number of rotatable bonds is 32. The van der Waals surface area contributed by atoms with Gasteiger partial charge in [-0.05, 0) is 31.1 Å². The number of aliphatic hydroxyl groups excluding tert-OH is 4. The molecule has 0 bridgehead atoms. The number of ether oxygens (including phenoxy) is 2. The number of carbonyl (C=O) groups is 2. The van der Waals surface area contributed by atoms with Gasteiger partial charge >= 0.3 is 27.6 Å². The Labute approximate surface area is 326 Å². The van der Waals surface area contributed by atoms with Gasteiger partial charge in [-0.15, -0.1) is 0 Å². The highest BCUT2D eigenvalue weighted by Crippen LogP contribution is 2.44. The molecule has 0 amide bonds. The van der Waals surface area contributed by atoms with Crippen molar-refractivity contribution in [2.45, 2.75) is 154 Å². The summed E-state index contributed by atoms with van der Waals surface area (Å²) in [6.07, 6.45) is 13.5. The van der Waals surface area contributed by atoms with Crippen molar-refractivity contribution in [2.75, 3.05) is 26.4 Å². The first-order valence-electron chi connectivity index (χ1n) is 19.6. The van der Waals surface area contributed by atoms with Crippen molar-refractivity contribution in [3.8, 4) is 0 Å². The van der Waals surface area contributed by atoms with E-state index < -0.39 is 84.5 Å². The first-order chi connectivity index (χ1) is 25.9. The predicted molar refractivity (Wildman–Crippen MR) is 204 cm³/mol. The van der Waals surface area contributed by atoms with E-state index in [1.165, 1.54) is 25.3 Å². The van der Waals surface area contributed by atoms with E-state index in [0.29, 0.717) is 25.2 Å². The third-order valence-corrected chi connectivity index (χ3v) is 10.5. The van der Waals surface area contributed by atoms with E-state index >= 15 is 0 Å². The molecule has 1 unspecified atom stereocenters. The largest absolute Gasteiger partial charge is 0.472 e. The lowest BCUT2D eigenvalue weighted by atomic mass is 9.89. The van der Waals surface area contributed by atoms with Gasteiger partial charge in [0.05, 0.1) is 44.6 Å². The van der Waals surface area contributed by atoms with Gasteiger partial charge in [-0.25, -0.2) is 9.13 Å². The molecule has 0 aromatic heterocycles. The highest BCUT2D eigenvalue weighted by atomic mass is 31.2. The summed E-state index contributed by atoms with van der Waals surface area (Å²) >= 11 is 0. The standard InChI is InChI=1S/C37H68O16P2/c1-4-5-11-17-29(38)21-22-33-32(34(40)23-35(33)41)18-14-15-20-37(43)53-31(27-52-55(47,48)51-25-30(39)24-50-54(44,45)46)26-49-36(42)19-13-10-8-6-7-9-12-16-28(2)3/h14-15,21-22,28-35,38-41H,4-13,16-20,23-27H2,1-3H3,(H,47,48)(H2,44,45,46)/b15-14-,22-21+/t29-,30+,31-,32+,33-,34+,35-/m1/s1. The first-order valence-corrected chi connectivity index (χ1v) is 22.7. The third kappa shape index (κ3) is 26.9. The molecule has 8 atom stereocenters. The number of hydrogen-bond acceptors (Lipinski definition) is 13. The van der Waals surface area contributed by atoms with Crippen LogP contribution in [0.3, 0.4) is 0 Å². The van der Waals surface area contributed by atoms with E-state index in [2.05, 4.69) is 29.8 Å². The van der Waals surface area contributed by atoms with Crippen molar-refractivity contribution in [2.24, 2.45) is 17.8 Å². The Balaban J connectivity index is 2.71. The third-order valence-electron chi connectivity index (χ3n) is 9.11. The fourth-order valence-electron chi connectivity index (χ4n) is 6.04. The Hall–Kier alpha value is -1.52. The van der Waals surface area contributed by atoms with Gasteiger partial charge in [0.15, 0.2) is 6.10 Å². The zero-order chi connectivity index (χ0) is 41.3. The van der Waals surface area contributed by atoms with Crippen LogP contribution in [-0.2, 0) is 41.8 Å². The number of unbranched alkanes of at least 4 members (excludes halogenated alkanes) is 8. The van der Waals surface area contributed by atoms with Crippen molar-refractivity contribution in [1.29, 1.82) is 0 Å². The van der Waals surface area contributed by atoms with Crippen LogP contribution in [0.2, 0.25) is 0 Å². The van der Waals surface area contributed by atoms with Crippen molar-refractivity contribution < 1.29 is 76.9 Å². The topological polar surface area (TPSA) is 256 Å². The van der Waals surface area contributed by atoms with E-state index in [9.17, 15) is 44.0 Å². The molecule has 18 heteroatoms. The van der Waals surface area contributed by atoms with E-state index in [0.717, 1.165) is 44.9 Å². The summed E-state index contributed by atoms with van der Waals surface area (Å²) in [5.74, 6) is -1.38. The molecule has 16 nitrogen and oxygen atoms in total. The highest BCUT2D eigenvalue weighted by molar-refractivity contribution is 7.47. The molecular weight excluding hydrogens is 762 g/mol. The maximum absolute atomic E-state index is 12.8. The lowest BCUT2D eigenvalue weighted by Crippen LogP contribution is -2.29. The van der Waals surface area contributed by atoms with Crippen molar-refractivity contribution in [1.82, 2.24) is 0 Å². The van der Waals surface area contributed by atoms with Gasteiger partial charge < -0.3 is 44.6 Å². The van der Waals surface area contributed by atoms with Gasteiger partial charge in [0.2, 0.25) is 0 Å². The highest BCUT2D eigenvalue weighted by Gasteiger charge is 2.39. The average molecular weight is 831 g/mol. The molecule has 0 spiro atoms. The summed E-state index contributed by atoms with van der Waals surface area (Å²) in [6, 6.07) is 0. The number of esters is 2. The quantitative estimate of drug-likeness (QED) is 0.0194. The molecule has 1 fully saturated rings. The lowest BCUT2D eigenvalue weighted by molar-refractivity contribution is -0.160. The number of phosphoric ester groups is 2. The zero-order valence-electron chi connectivity index (χ0n) is 32.8. The SMILES string of the molecule is CCCCC[C@@H](O)/C=C/[C@@H]1[C@H](C/C=C\CC(=O)O[C@H](COC(=O)CCCCCCCCCC(C)C)COP(=O)(O)OC[C@@H](O)COP(=O)(O)O)[C@@H](O)C[C@H]1O. The maximum atomic E-state index is 12.8. The molecule has 322 valence electrons. The maximum Gasteiger partial charge on any atom is 0.472 e. The monoisotopic (exact) mass is 830 g/mol. The van der Waals surface area contributed by atoms with Crippen LogP contribution in [-0.4, -0.2) is 104 Å². The second kappa shape index (κ2) is 28.8. The Bertz CT molecular complexity index is 1210. The predicted octanol–water partition coefficient (Wildman–Crippen LogP) is 5.40. The van der Waals surface area contributed by atoms with Crippen LogP contribution in [0, 0.1) is 17.8 Å². The van der Waals surface area contributed by atoms with E-state index in [4.69, 9.17) is 23.8 Å². The van der Waals surface area contributed by atoms with Crippen LogP contribution in [0.1, 0.15) is 124 Å². The lowest BCUT2D eigenvalue weighted by Gasteiger charge is -2.20. The molecule has 55 heavy (non-hydrogen) atoms. The normalized spacial score (nSPS) is 21.9. The summed E-state index contributed by atoms with van der Waals surface area (Å²) in [7, 11) is -9.79. The smallest absolute Gasteiger partial charge is 0.462 e. The van der Waals surface area contributed by atoms with Crippen LogP contribution in [0.15, 0.2) is 24.3 Å². The van der Waals surface area contributed by atoms with E-state index in [-0.39, 0.29) is 31.1 Å². The second-order valence-corrected chi connectivity index (χ2v) is 17.4. The summed E-state index contributed by atoms with van der Waals surface area (Å²) in [5, 5.41) is 41.0. The number of carbonyl (C=O) groups excluding carboxylic acids is 2. The molecule has 0 saturated heterocycles. The van der Waals surface area contributed by atoms with Gasteiger partial charge in [0.1, 0.15) is 12.7 Å². The van der Waals surface area contributed by atoms with Gasteiger partial charge in [-0.1, -0.05) is 109 Å². The first kappa shape index (κ1) is 51.5.